The second-order valence-corrected chi connectivity index (χ2v) is 15.5. The van der Waals surface area contributed by atoms with Crippen molar-refractivity contribution in [1.29, 1.82) is 0 Å². The summed E-state index contributed by atoms with van der Waals surface area (Å²) < 4.78 is 35.8. The molecule has 1 fully saturated rings. The highest BCUT2D eigenvalue weighted by Gasteiger charge is 2.50. The summed E-state index contributed by atoms with van der Waals surface area (Å²) in [6, 6.07) is 72.5. The summed E-state index contributed by atoms with van der Waals surface area (Å²) in [5.74, 6) is 0. The highest BCUT2D eigenvalue weighted by Crippen LogP contribution is 2.43. The van der Waals surface area contributed by atoms with Crippen molar-refractivity contribution in [3.63, 3.8) is 0 Å². The fraction of sp³-hybridized carbons (Fsp3) is 0.192. The van der Waals surface area contributed by atoms with Gasteiger partial charge >= 0.3 is 0 Å². The Hall–Kier alpha value is -5.31. The molecular formula is C52H48O5S. The van der Waals surface area contributed by atoms with Crippen LogP contribution in [0.2, 0.25) is 0 Å². The zero-order valence-corrected chi connectivity index (χ0v) is 33.2. The molecule has 58 heavy (non-hydrogen) atoms. The van der Waals surface area contributed by atoms with Gasteiger partial charge in [0, 0.05) is 4.90 Å². The maximum absolute atomic E-state index is 7.47. The number of benzene rings is 7. The Labute approximate surface area is 346 Å². The van der Waals surface area contributed by atoms with E-state index < -0.39 is 35.5 Å². The van der Waals surface area contributed by atoms with Crippen molar-refractivity contribution in [2.75, 3.05) is 6.61 Å². The molecule has 0 unspecified atom stereocenters. The molecule has 0 saturated carbocycles. The Balaban J connectivity index is 1.22. The van der Waals surface area contributed by atoms with Gasteiger partial charge in [0.05, 0.1) is 26.4 Å². The number of thioether (sulfide) groups is 1. The van der Waals surface area contributed by atoms with Crippen molar-refractivity contribution in [3.8, 4) is 0 Å². The van der Waals surface area contributed by atoms with Gasteiger partial charge in [-0.3, -0.25) is 0 Å². The van der Waals surface area contributed by atoms with Crippen LogP contribution in [-0.2, 0) is 49.1 Å². The van der Waals surface area contributed by atoms with Gasteiger partial charge in [-0.15, -0.1) is 0 Å². The molecule has 7 aromatic rings. The van der Waals surface area contributed by atoms with Crippen molar-refractivity contribution >= 4 is 11.8 Å². The lowest BCUT2D eigenvalue weighted by atomic mass is 9.80. The van der Waals surface area contributed by atoms with Gasteiger partial charge in [-0.1, -0.05) is 212 Å². The van der Waals surface area contributed by atoms with Gasteiger partial charge in [0.2, 0.25) is 0 Å². The van der Waals surface area contributed by atoms with Crippen LogP contribution in [0.15, 0.2) is 217 Å². The van der Waals surface area contributed by atoms with Gasteiger partial charge in [0.15, 0.2) is 0 Å². The Bertz CT molecular complexity index is 2120. The van der Waals surface area contributed by atoms with Crippen molar-refractivity contribution in [2.24, 2.45) is 0 Å². The maximum atomic E-state index is 7.47. The summed E-state index contributed by atoms with van der Waals surface area (Å²) >= 11 is 1.64. The molecule has 5 atom stereocenters. The third-order valence-electron chi connectivity index (χ3n) is 10.4. The summed E-state index contributed by atoms with van der Waals surface area (Å²) in [6.45, 7) is 1.32. The number of ether oxygens (including phenoxy) is 5. The Morgan fingerprint density at radius 1 is 0.397 bits per heavy atom. The number of hydrogen-bond acceptors (Lipinski definition) is 6. The zero-order valence-electron chi connectivity index (χ0n) is 32.4. The molecule has 0 N–H and O–H groups in total. The van der Waals surface area contributed by atoms with Gasteiger partial charge < -0.3 is 23.7 Å². The molecule has 0 radical (unpaired) electrons. The van der Waals surface area contributed by atoms with Gasteiger partial charge in [0.25, 0.3) is 0 Å². The molecule has 0 spiro atoms. The highest BCUT2D eigenvalue weighted by molar-refractivity contribution is 7.99. The zero-order chi connectivity index (χ0) is 39.2. The summed E-state index contributed by atoms with van der Waals surface area (Å²) in [5.41, 5.74) is 4.81. The minimum absolute atomic E-state index is 0.195. The van der Waals surface area contributed by atoms with Crippen LogP contribution in [0.3, 0.4) is 0 Å². The Morgan fingerprint density at radius 3 is 1.16 bits per heavy atom. The minimum Gasteiger partial charge on any atom is -0.368 e. The topological polar surface area (TPSA) is 46.2 Å². The van der Waals surface area contributed by atoms with E-state index in [1.54, 1.807) is 11.8 Å². The van der Waals surface area contributed by atoms with Crippen LogP contribution in [0.1, 0.15) is 33.4 Å². The van der Waals surface area contributed by atoms with E-state index in [4.69, 9.17) is 23.7 Å². The third-order valence-corrected chi connectivity index (χ3v) is 11.6. The molecule has 1 aliphatic rings. The Kier molecular flexibility index (Phi) is 13.6. The van der Waals surface area contributed by atoms with E-state index in [1.807, 2.05) is 78.9 Å². The van der Waals surface area contributed by atoms with Gasteiger partial charge in [-0.25, -0.2) is 0 Å². The largest absolute Gasteiger partial charge is 0.368 e. The standard InChI is InChI=1S/C52H48O5S/c1-8-22-40(23-9-1)36-53-48-47(39-56-52(43-28-14-4-15-29-43,44-30-16-5-17-31-44)45-32-18-6-19-33-45)57-51(58-46-34-20-7-21-35-46)50(55-38-42-26-12-3-13-27-42)49(48)54-37-41-24-10-2-11-25-41/h1-35,47-51H,36-39H2/t47-,48-,49+,50+,51-/m0/s1. The van der Waals surface area contributed by atoms with Crippen molar-refractivity contribution in [3.05, 3.63) is 246 Å². The lowest BCUT2D eigenvalue weighted by Crippen LogP contribution is -2.60. The average Bonchev–Trinajstić information content (AvgIpc) is 3.30. The van der Waals surface area contributed by atoms with E-state index in [1.165, 1.54) is 0 Å². The van der Waals surface area contributed by atoms with E-state index in [0.29, 0.717) is 19.8 Å². The van der Waals surface area contributed by atoms with Crippen LogP contribution in [0.4, 0.5) is 0 Å². The molecule has 1 aliphatic heterocycles. The second kappa shape index (κ2) is 19.9. The molecule has 8 rings (SSSR count). The number of hydrogen-bond donors (Lipinski definition) is 0. The van der Waals surface area contributed by atoms with Crippen LogP contribution in [0, 0.1) is 0 Å². The van der Waals surface area contributed by atoms with Crippen LogP contribution in [0.5, 0.6) is 0 Å². The van der Waals surface area contributed by atoms with Crippen LogP contribution >= 0.6 is 11.8 Å². The van der Waals surface area contributed by atoms with Crippen molar-refractivity contribution in [2.45, 2.75) is 60.2 Å². The van der Waals surface area contributed by atoms with Gasteiger partial charge in [-0.2, -0.15) is 0 Å². The molecule has 6 heteroatoms. The first-order chi connectivity index (χ1) is 28.8. The maximum Gasteiger partial charge on any atom is 0.143 e. The molecule has 0 amide bonds. The van der Waals surface area contributed by atoms with E-state index in [0.717, 1.165) is 38.3 Å². The molecule has 5 nitrogen and oxygen atoms in total. The summed E-state index contributed by atoms with van der Waals surface area (Å²) in [6.07, 6.45) is -2.17. The molecule has 7 aromatic carbocycles. The van der Waals surface area contributed by atoms with E-state index in [-0.39, 0.29) is 6.61 Å². The summed E-state index contributed by atoms with van der Waals surface area (Å²) in [5, 5.41) is 0. The van der Waals surface area contributed by atoms with Crippen molar-refractivity contribution in [1.82, 2.24) is 0 Å². The lowest BCUT2D eigenvalue weighted by Gasteiger charge is -2.47. The predicted molar refractivity (Wildman–Crippen MR) is 231 cm³/mol. The average molecular weight is 785 g/mol. The summed E-state index contributed by atoms with van der Waals surface area (Å²) in [7, 11) is 0. The van der Waals surface area contributed by atoms with E-state index in [2.05, 4.69) is 133 Å². The minimum atomic E-state index is -0.958. The Morgan fingerprint density at radius 2 is 0.741 bits per heavy atom. The molecular weight excluding hydrogens is 737 g/mol. The molecule has 1 saturated heterocycles. The lowest BCUT2D eigenvalue weighted by molar-refractivity contribution is -0.258. The molecule has 0 bridgehead atoms. The smallest absolute Gasteiger partial charge is 0.143 e. The quantitative estimate of drug-likeness (QED) is 0.0857. The van der Waals surface area contributed by atoms with Gasteiger partial charge in [0.1, 0.15) is 35.5 Å². The first kappa shape index (κ1) is 39.5. The normalized spacial score (nSPS) is 19.4. The fourth-order valence-electron chi connectivity index (χ4n) is 7.58. The van der Waals surface area contributed by atoms with Gasteiger partial charge in [-0.05, 0) is 45.5 Å². The SMILES string of the molecule is c1ccc(CO[C@@H]2[C@@H](OCc3ccccc3)[C@H](COC(c3ccccc3)(c3ccccc3)c3ccccc3)O[C@@H](Sc3ccccc3)[C@@H]2OCc2ccccc2)cc1. The second-order valence-electron chi connectivity index (χ2n) is 14.3. The summed E-state index contributed by atoms with van der Waals surface area (Å²) in [4.78, 5) is 1.07. The van der Waals surface area contributed by atoms with Crippen LogP contribution in [0.25, 0.3) is 0 Å². The third kappa shape index (κ3) is 9.68. The molecule has 1 heterocycles. The van der Waals surface area contributed by atoms with E-state index in [9.17, 15) is 0 Å². The first-order valence-electron chi connectivity index (χ1n) is 19.9. The van der Waals surface area contributed by atoms with Crippen molar-refractivity contribution < 1.29 is 23.7 Å². The fourth-order valence-corrected chi connectivity index (χ4v) is 8.73. The molecule has 292 valence electrons. The van der Waals surface area contributed by atoms with E-state index >= 15 is 0 Å². The predicted octanol–water partition coefficient (Wildman–Crippen LogP) is 11.3. The first-order valence-corrected chi connectivity index (χ1v) is 20.8. The number of rotatable bonds is 17. The molecule has 0 aliphatic carbocycles. The van der Waals surface area contributed by atoms with Crippen LogP contribution in [-0.4, -0.2) is 36.5 Å². The molecule has 0 aromatic heterocycles. The highest BCUT2D eigenvalue weighted by atomic mass is 32.2. The van der Waals surface area contributed by atoms with Crippen LogP contribution < -0.4 is 0 Å². The monoisotopic (exact) mass is 784 g/mol.